The molecule has 0 bridgehead atoms. The van der Waals surface area contributed by atoms with Gasteiger partial charge in [0.1, 0.15) is 0 Å². The predicted octanol–water partition coefficient (Wildman–Crippen LogP) is 0.675. The van der Waals surface area contributed by atoms with E-state index >= 15 is 0 Å². The summed E-state index contributed by atoms with van der Waals surface area (Å²) in [6, 6.07) is 2.10. The first-order chi connectivity index (χ1) is 9.31. The highest BCUT2D eigenvalue weighted by Crippen LogP contribution is 2.17. The van der Waals surface area contributed by atoms with E-state index in [0.717, 1.165) is 25.2 Å². The third kappa shape index (κ3) is 4.60. The first kappa shape index (κ1) is 14.5. The lowest BCUT2D eigenvalue weighted by Crippen LogP contribution is -2.43. The van der Waals surface area contributed by atoms with E-state index in [4.69, 9.17) is 14.9 Å². The summed E-state index contributed by atoms with van der Waals surface area (Å²) in [7, 11) is 0. The molecule has 4 nitrogen and oxygen atoms in total. The maximum absolute atomic E-state index is 9.11. The Labute approximate surface area is 117 Å². The van der Waals surface area contributed by atoms with Crippen LogP contribution in [-0.2, 0) is 11.3 Å². The van der Waals surface area contributed by atoms with Crippen molar-refractivity contribution in [2.75, 3.05) is 32.9 Å². The van der Waals surface area contributed by atoms with Crippen molar-refractivity contribution in [2.24, 2.45) is 0 Å². The van der Waals surface area contributed by atoms with E-state index < -0.39 is 0 Å². The number of aliphatic hydroxyl groups excluding tert-OH is 2. The zero-order valence-corrected chi connectivity index (χ0v) is 11.7. The average molecular weight is 281 g/mol. The summed E-state index contributed by atoms with van der Waals surface area (Å²) in [4.78, 5) is 3.56. The summed E-state index contributed by atoms with van der Waals surface area (Å²) < 4.78 is 5.43. The van der Waals surface area contributed by atoms with Crippen LogP contribution < -0.4 is 0 Å². The quantitative estimate of drug-likeness (QED) is 0.797. The number of ether oxygens (including phenoxy) is 1. The third-order valence-corrected chi connectivity index (χ3v) is 3.85. The topological polar surface area (TPSA) is 52.9 Å². The molecule has 1 aliphatic heterocycles. The molecule has 0 radical (unpaired) electrons. The third-order valence-electron chi connectivity index (χ3n) is 2.93. The lowest BCUT2D eigenvalue weighted by atomic mass is 10.2. The van der Waals surface area contributed by atoms with Gasteiger partial charge < -0.3 is 14.9 Å². The molecule has 1 fully saturated rings. The van der Waals surface area contributed by atoms with Gasteiger partial charge in [-0.3, -0.25) is 4.90 Å². The van der Waals surface area contributed by atoms with Gasteiger partial charge in [-0.25, -0.2) is 0 Å². The molecule has 104 valence electrons. The number of morpholine rings is 1. The summed E-state index contributed by atoms with van der Waals surface area (Å²) in [6.07, 6.45) is 0.463. The van der Waals surface area contributed by atoms with Crippen LogP contribution in [0.25, 0.3) is 0 Å². The van der Waals surface area contributed by atoms with Crippen molar-refractivity contribution in [3.05, 3.63) is 21.9 Å². The summed E-state index contributed by atoms with van der Waals surface area (Å²) >= 11 is 1.70. The van der Waals surface area contributed by atoms with Gasteiger partial charge in [0.2, 0.25) is 0 Å². The lowest BCUT2D eigenvalue weighted by Gasteiger charge is -2.31. The Kier molecular flexibility index (Phi) is 5.83. The fourth-order valence-corrected chi connectivity index (χ4v) is 2.86. The molecular formula is C14H19NO3S. The SMILES string of the molecule is OCCC#Cc1csc(CN2CCOC(CO)C2)c1. The molecule has 19 heavy (non-hydrogen) atoms. The normalized spacial score (nSPS) is 20.0. The molecule has 1 atom stereocenters. The van der Waals surface area contributed by atoms with Crippen molar-refractivity contribution in [1.29, 1.82) is 0 Å². The molecule has 1 aliphatic rings. The van der Waals surface area contributed by atoms with E-state index in [1.54, 1.807) is 11.3 Å². The van der Waals surface area contributed by atoms with Crippen LogP contribution in [0.4, 0.5) is 0 Å². The molecule has 2 heterocycles. The Balaban J connectivity index is 1.87. The lowest BCUT2D eigenvalue weighted by molar-refractivity contribution is -0.0548. The van der Waals surface area contributed by atoms with Crippen LogP contribution in [0.3, 0.4) is 0 Å². The molecule has 0 aliphatic carbocycles. The highest BCUT2D eigenvalue weighted by molar-refractivity contribution is 7.10. The van der Waals surface area contributed by atoms with Crippen molar-refractivity contribution in [3.8, 4) is 11.8 Å². The number of hydrogen-bond donors (Lipinski definition) is 2. The molecular weight excluding hydrogens is 262 g/mol. The monoisotopic (exact) mass is 281 g/mol. The number of rotatable bonds is 4. The minimum absolute atomic E-state index is 0.0578. The Hall–Kier alpha value is -0.900. The van der Waals surface area contributed by atoms with E-state index in [9.17, 15) is 0 Å². The minimum atomic E-state index is -0.0578. The molecule has 0 spiro atoms. The van der Waals surface area contributed by atoms with Gasteiger partial charge in [0.05, 0.1) is 25.9 Å². The van der Waals surface area contributed by atoms with Crippen molar-refractivity contribution in [1.82, 2.24) is 4.90 Å². The molecule has 1 aromatic heterocycles. The summed E-state index contributed by atoms with van der Waals surface area (Å²) in [6.45, 7) is 3.44. The van der Waals surface area contributed by atoms with Crippen LogP contribution in [0.1, 0.15) is 16.9 Å². The largest absolute Gasteiger partial charge is 0.395 e. The Morgan fingerprint density at radius 3 is 3.16 bits per heavy atom. The molecule has 0 aromatic carbocycles. The summed E-state index contributed by atoms with van der Waals surface area (Å²) in [5.74, 6) is 5.96. The molecule has 5 heteroatoms. The van der Waals surface area contributed by atoms with Crippen LogP contribution in [0.2, 0.25) is 0 Å². The molecule has 0 saturated carbocycles. The van der Waals surface area contributed by atoms with Gasteiger partial charge in [-0.1, -0.05) is 11.8 Å². The smallest absolute Gasteiger partial charge is 0.0933 e. The van der Waals surface area contributed by atoms with Crippen molar-refractivity contribution < 1.29 is 14.9 Å². The fraction of sp³-hybridized carbons (Fsp3) is 0.571. The van der Waals surface area contributed by atoms with Gasteiger partial charge in [0.25, 0.3) is 0 Å². The first-order valence-electron chi connectivity index (χ1n) is 6.43. The molecule has 1 saturated heterocycles. The fourth-order valence-electron chi connectivity index (χ4n) is 2.00. The Morgan fingerprint density at radius 2 is 2.37 bits per heavy atom. The summed E-state index contributed by atoms with van der Waals surface area (Å²) in [5, 5.41) is 19.8. The molecule has 1 aromatic rings. The van der Waals surface area contributed by atoms with Crippen molar-refractivity contribution >= 4 is 11.3 Å². The van der Waals surface area contributed by atoms with E-state index in [1.807, 2.05) is 5.38 Å². The van der Waals surface area contributed by atoms with E-state index in [1.165, 1.54) is 4.88 Å². The van der Waals surface area contributed by atoms with E-state index in [-0.39, 0.29) is 19.3 Å². The van der Waals surface area contributed by atoms with Gasteiger partial charge >= 0.3 is 0 Å². The number of nitrogens with zero attached hydrogens (tertiary/aromatic N) is 1. The highest BCUT2D eigenvalue weighted by atomic mass is 32.1. The van der Waals surface area contributed by atoms with Gasteiger partial charge in [-0.15, -0.1) is 11.3 Å². The highest BCUT2D eigenvalue weighted by Gasteiger charge is 2.19. The van der Waals surface area contributed by atoms with E-state index in [0.29, 0.717) is 13.0 Å². The minimum Gasteiger partial charge on any atom is -0.395 e. The molecule has 2 N–H and O–H groups in total. The van der Waals surface area contributed by atoms with Gasteiger partial charge in [-0.05, 0) is 6.07 Å². The Morgan fingerprint density at radius 1 is 1.47 bits per heavy atom. The molecule has 1 unspecified atom stereocenters. The zero-order valence-electron chi connectivity index (χ0n) is 10.8. The number of hydrogen-bond acceptors (Lipinski definition) is 5. The maximum atomic E-state index is 9.11. The second kappa shape index (κ2) is 7.63. The second-order valence-electron chi connectivity index (χ2n) is 4.49. The predicted molar refractivity (Wildman–Crippen MR) is 75.0 cm³/mol. The van der Waals surface area contributed by atoms with Crippen LogP contribution >= 0.6 is 11.3 Å². The number of thiophene rings is 1. The number of aliphatic hydroxyl groups is 2. The van der Waals surface area contributed by atoms with Gasteiger partial charge in [-0.2, -0.15) is 0 Å². The van der Waals surface area contributed by atoms with Crippen LogP contribution in [-0.4, -0.2) is 54.1 Å². The van der Waals surface area contributed by atoms with Crippen LogP contribution in [0.5, 0.6) is 0 Å². The van der Waals surface area contributed by atoms with Crippen molar-refractivity contribution in [3.63, 3.8) is 0 Å². The maximum Gasteiger partial charge on any atom is 0.0933 e. The molecule has 0 amide bonds. The van der Waals surface area contributed by atoms with Crippen LogP contribution in [0.15, 0.2) is 11.4 Å². The van der Waals surface area contributed by atoms with E-state index in [2.05, 4.69) is 22.8 Å². The van der Waals surface area contributed by atoms with Gasteiger partial charge in [0, 0.05) is 41.9 Å². The standard InChI is InChI=1S/C14H19NO3S/c16-5-2-1-3-12-7-14(19-11-12)9-15-4-6-18-13(8-15)10-17/h7,11,13,16-17H,2,4-6,8-10H2. The van der Waals surface area contributed by atoms with Gasteiger partial charge in [0.15, 0.2) is 0 Å². The van der Waals surface area contributed by atoms with Crippen molar-refractivity contribution in [2.45, 2.75) is 19.1 Å². The summed E-state index contributed by atoms with van der Waals surface area (Å²) in [5.41, 5.74) is 1.01. The average Bonchev–Trinajstić information content (AvgIpc) is 2.87. The Bertz CT molecular complexity index is 449. The second-order valence-corrected chi connectivity index (χ2v) is 5.48. The molecule has 2 rings (SSSR count). The van der Waals surface area contributed by atoms with Crippen LogP contribution in [0, 0.1) is 11.8 Å². The zero-order chi connectivity index (χ0) is 13.5. The first-order valence-corrected chi connectivity index (χ1v) is 7.31.